The highest BCUT2D eigenvalue weighted by Gasteiger charge is 2.25. The number of carbonyl (C=O) groups is 3. The van der Waals surface area contributed by atoms with Gasteiger partial charge in [0.2, 0.25) is 0 Å². The fourth-order valence-electron chi connectivity index (χ4n) is 5.31. The van der Waals surface area contributed by atoms with E-state index in [1.54, 1.807) is 21.1 Å². The van der Waals surface area contributed by atoms with Gasteiger partial charge in [-0.05, 0) is 64.2 Å². The number of carboxylic acid groups (broad SMARTS) is 1. The van der Waals surface area contributed by atoms with Gasteiger partial charge in [-0.3, -0.25) is 9.59 Å². The number of aliphatic carboxylic acids is 1. The van der Waals surface area contributed by atoms with Crippen LogP contribution in [0.5, 0.6) is 0 Å². The highest BCUT2D eigenvalue weighted by molar-refractivity contribution is 5.70. The molecule has 51 heavy (non-hydrogen) atoms. The van der Waals surface area contributed by atoms with Crippen molar-refractivity contribution >= 4 is 17.9 Å². The molecule has 0 heterocycles. The maximum atomic E-state index is 12.6. The van der Waals surface area contributed by atoms with E-state index >= 15 is 0 Å². The molecule has 0 aromatic rings. The van der Waals surface area contributed by atoms with Crippen LogP contribution in [0.15, 0.2) is 60.8 Å². The lowest BCUT2D eigenvalue weighted by atomic mass is 10.1. The van der Waals surface area contributed by atoms with Crippen molar-refractivity contribution in [3.05, 3.63) is 60.8 Å². The molecule has 0 saturated heterocycles. The number of ether oxygens (including phenoxy) is 3. The normalized spacial score (nSPS) is 13.7. The third-order valence-corrected chi connectivity index (χ3v) is 8.40. The van der Waals surface area contributed by atoms with E-state index in [0.717, 1.165) is 57.8 Å². The van der Waals surface area contributed by atoms with Gasteiger partial charge in [0.15, 0.2) is 6.10 Å². The van der Waals surface area contributed by atoms with Crippen molar-refractivity contribution in [1.29, 1.82) is 0 Å². The molecule has 8 nitrogen and oxygen atoms in total. The molecule has 0 aliphatic carbocycles. The molecule has 2 unspecified atom stereocenters. The number of hydrogen-bond donors (Lipinski definition) is 0. The average molecular weight is 716 g/mol. The van der Waals surface area contributed by atoms with E-state index in [9.17, 15) is 19.5 Å². The van der Waals surface area contributed by atoms with Gasteiger partial charge in [-0.1, -0.05) is 120 Å². The van der Waals surface area contributed by atoms with Crippen molar-refractivity contribution < 1.29 is 38.2 Å². The van der Waals surface area contributed by atoms with E-state index in [4.69, 9.17) is 14.2 Å². The molecule has 0 bridgehead atoms. The summed E-state index contributed by atoms with van der Waals surface area (Å²) < 4.78 is 17.0. The molecular weight excluding hydrogens is 642 g/mol. The van der Waals surface area contributed by atoms with Crippen LogP contribution in [0.2, 0.25) is 0 Å². The van der Waals surface area contributed by atoms with Crippen LogP contribution in [0.25, 0.3) is 0 Å². The first-order valence-electron chi connectivity index (χ1n) is 19.8. The third-order valence-electron chi connectivity index (χ3n) is 8.40. The Morgan fingerprint density at radius 1 is 0.608 bits per heavy atom. The average Bonchev–Trinajstić information content (AvgIpc) is 3.08. The SMILES string of the molecule is CC/C=C\C/C=C\C/C=C\C/C=C\CCC(=O)OC(COCCC(C(=O)[O-])[N+](C)(C)C)COC(=O)CCCCCCC/C=C\CCCCCCC. The molecule has 292 valence electrons. The number of carboxylic acids is 1. The van der Waals surface area contributed by atoms with E-state index in [-0.39, 0.29) is 43.1 Å². The summed E-state index contributed by atoms with van der Waals surface area (Å²) in [6.07, 6.45) is 39.8. The first-order valence-corrected chi connectivity index (χ1v) is 19.8. The minimum absolute atomic E-state index is 0.00715. The molecule has 0 aliphatic heterocycles. The van der Waals surface area contributed by atoms with Gasteiger partial charge >= 0.3 is 11.9 Å². The van der Waals surface area contributed by atoms with Crippen LogP contribution in [0, 0.1) is 0 Å². The van der Waals surface area contributed by atoms with Gasteiger partial charge in [-0.25, -0.2) is 0 Å². The maximum Gasteiger partial charge on any atom is 0.306 e. The quantitative estimate of drug-likeness (QED) is 0.0284. The van der Waals surface area contributed by atoms with E-state index < -0.39 is 24.1 Å². The summed E-state index contributed by atoms with van der Waals surface area (Å²) in [6.45, 7) is 4.42. The molecule has 2 atom stereocenters. The second-order valence-electron chi connectivity index (χ2n) is 14.1. The highest BCUT2D eigenvalue weighted by atomic mass is 16.6. The molecule has 0 spiro atoms. The van der Waals surface area contributed by atoms with Crippen molar-refractivity contribution in [2.45, 2.75) is 154 Å². The number of hydrogen-bond acceptors (Lipinski definition) is 7. The van der Waals surface area contributed by atoms with Crippen molar-refractivity contribution in [2.24, 2.45) is 0 Å². The number of esters is 2. The molecule has 0 fully saturated rings. The Kier molecular flexibility index (Phi) is 32.1. The summed E-state index contributed by atoms with van der Waals surface area (Å²) in [4.78, 5) is 36.6. The van der Waals surface area contributed by atoms with Gasteiger partial charge in [0.1, 0.15) is 12.6 Å². The second kappa shape index (κ2) is 34.1. The van der Waals surface area contributed by atoms with Crippen LogP contribution in [0.3, 0.4) is 0 Å². The number of rotatable bonds is 34. The van der Waals surface area contributed by atoms with E-state index in [0.29, 0.717) is 12.8 Å². The number of allylic oxidation sites excluding steroid dienone is 10. The Hall–Kier alpha value is -2.97. The Balaban J connectivity index is 4.53. The summed E-state index contributed by atoms with van der Waals surface area (Å²) in [7, 11) is 5.36. The Morgan fingerprint density at radius 3 is 1.71 bits per heavy atom. The minimum atomic E-state index is -1.14. The number of quaternary nitrogens is 1. The first kappa shape index (κ1) is 48.0. The predicted octanol–water partition coefficient (Wildman–Crippen LogP) is 8.91. The lowest BCUT2D eigenvalue weighted by Gasteiger charge is -2.34. The third kappa shape index (κ3) is 32.7. The van der Waals surface area contributed by atoms with Crippen LogP contribution < -0.4 is 5.11 Å². The van der Waals surface area contributed by atoms with Crippen molar-refractivity contribution in [1.82, 2.24) is 0 Å². The van der Waals surface area contributed by atoms with Gasteiger partial charge < -0.3 is 28.6 Å². The number of nitrogens with zero attached hydrogens (tertiary/aromatic N) is 1. The summed E-state index contributed by atoms with van der Waals surface area (Å²) in [5, 5.41) is 11.6. The van der Waals surface area contributed by atoms with Gasteiger partial charge in [-0.15, -0.1) is 0 Å². The zero-order chi connectivity index (χ0) is 37.8. The van der Waals surface area contributed by atoms with Crippen LogP contribution in [0.4, 0.5) is 0 Å². The Bertz CT molecular complexity index is 1020. The Morgan fingerprint density at radius 2 is 1.14 bits per heavy atom. The lowest BCUT2D eigenvalue weighted by Crippen LogP contribution is -2.55. The molecule has 0 aliphatic rings. The van der Waals surface area contributed by atoms with Gasteiger partial charge in [0, 0.05) is 19.3 Å². The first-order chi connectivity index (χ1) is 24.6. The summed E-state index contributed by atoms with van der Waals surface area (Å²) in [5.41, 5.74) is 0. The van der Waals surface area contributed by atoms with Crippen LogP contribution in [-0.2, 0) is 28.6 Å². The number of unbranched alkanes of at least 4 members (excludes halogenated alkanes) is 10. The zero-order valence-corrected chi connectivity index (χ0v) is 33.0. The minimum Gasteiger partial charge on any atom is -0.544 e. The summed E-state index contributed by atoms with van der Waals surface area (Å²) in [5.74, 6) is -1.86. The van der Waals surface area contributed by atoms with Crippen LogP contribution in [-0.4, -0.2) is 75.5 Å². The summed E-state index contributed by atoms with van der Waals surface area (Å²) in [6, 6.07) is -0.739. The fourth-order valence-corrected chi connectivity index (χ4v) is 5.31. The predicted molar refractivity (Wildman–Crippen MR) is 208 cm³/mol. The van der Waals surface area contributed by atoms with E-state index in [1.165, 1.54) is 44.9 Å². The van der Waals surface area contributed by atoms with Gasteiger partial charge in [-0.2, -0.15) is 0 Å². The summed E-state index contributed by atoms with van der Waals surface area (Å²) >= 11 is 0. The molecule has 0 saturated carbocycles. The van der Waals surface area contributed by atoms with Gasteiger partial charge in [0.25, 0.3) is 0 Å². The number of likely N-dealkylation sites (N-methyl/N-ethyl adjacent to an activating group) is 1. The van der Waals surface area contributed by atoms with Gasteiger partial charge in [0.05, 0.1) is 40.3 Å². The van der Waals surface area contributed by atoms with E-state index in [1.807, 2.05) is 12.2 Å². The number of carbonyl (C=O) groups excluding carboxylic acids is 3. The highest BCUT2D eigenvalue weighted by Crippen LogP contribution is 2.12. The molecule has 0 aromatic carbocycles. The largest absolute Gasteiger partial charge is 0.544 e. The van der Waals surface area contributed by atoms with Crippen molar-refractivity contribution in [3.63, 3.8) is 0 Å². The molecule has 0 aromatic heterocycles. The van der Waals surface area contributed by atoms with E-state index in [2.05, 4.69) is 62.5 Å². The molecular formula is C43H73NO7. The van der Waals surface area contributed by atoms with Crippen LogP contribution >= 0.6 is 0 Å². The monoisotopic (exact) mass is 716 g/mol. The zero-order valence-electron chi connectivity index (χ0n) is 33.0. The maximum absolute atomic E-state index is 12.6. The molecule has 8 heteroatoms. The lowest BCUT2D eigenvalue weighted by molar-refractivity contribution is -0.889. The standard InChI is InChI=1S/C43H73NO7/c1-6-8-10-12-14-16-18-20-22-23-25-27-29-31-33-41(45)50-38-39(37-49-36-35-40(43(47)48)44(3,4)5)51-42(46)34-32-30-28-26-24-21-19-17-15-13-11-9-7-2/h9,11,15,17-18,20-21,24,28,30,39-40H,6-8,10,12-14,16,19,22-23,25-27,29,31-38H2,1-5H3/b11-9-,17-15-,20-18-,24-21-,30-28-. The van der Waals surface area contributed by atoms with Crippen molar-refractivity contribution in [3.8, 4) is 0 Å². The Labute approximate surface area is 311 Å². The van der Waals surface area contributed by atoms with Crippen LogP contribution in [0.1, 0.15) is 142 Å². The van der Waals surface area contributed by atoms with Crippen molar-refractivity contribution in [2.75, 3.05) is 41.0 Å². The fraction of sp³-hybridized carbons (Fsp3) is 0.698. The topological polar surface area (TPSA) is 102 Å². The molecule has 0 amide bonds. The second-order valence-corrected chi connectivity index (χ2v) is 14.1. The molecule has 0 N–H and O–H groups in total. The molecule has 0 radical (unpaired) electrons. The molecule has 0 rings (SSSR count). The smallest absolute Gasteiger partial charge is 0.306 e.